The number of anilines is 2. The fourth-order valence-electron chi connectivity index (χ4n) is 2.65. The maximum absolute atomic E-state index is 5.48. The first-order valence-corrected chi connectivity index (χ1v) is 6.97. The Morgan fingerprint density at radius 2 is 2.21 bits per heavy atom. The molecule has 0 bridgehead atoms. The van der Waals surface area contributed by atoms with Crippen molar-refractivity contribution in [2.24, 2.45) is 0 Å². The SMILES string of the molecule is C[C@H]1COCCN1c1ccnc(NC2CCOC2)c1. The minimum Gasteiger partial charge on any atom is -0.379 e. The number of pyridine rings is 1. The third-order valence-electron chi connectivity index (χ3n) is 3.72. The normalized spacial score (nSPS) is 27.5. The molecule has 0 aromatic carbocycles. The average Bonchev–Trinajstić information content (AvgIpc) is 2.92. The molecule has 1 aromatic heterocycles. The smallest absolute Gasteiger partial charge is 0.128 e. The molecular weight excluding hydrogens is 242 g/mol. The summed E-state index contributed by atoms with van der Waals surface area (Å²) in [4.78, 5) is 6.77. The van der Waals surface area contributed by atoms with Crippen LogP contribution >= 0.6 is 0 Å². The van der Waals surface area contributed by atoms with Gasteiger partial charge in [0.2, 0.25) is 0 Å². The summed E-state index contributed by atoms with van der Waals surface area (Å²) in [5.74, 6) is 0.937. The summed E-state index contributed by atoms with van der Waals surface area (Å²) in [7, 11) is 0. The van der Waals surface area contributed by atoms with Crippen LogP contribution in [-0.4, -0.2) is 50.0 Å². The molecule has 2 saturated heterocycles. The van der Waals surface area contributed by atoms with Crippen LogP contribution in [0.15, 0.2) is 18.3 Å². The summed E-state index contributed by atoms with van der Waals surface area (Å²) in [6.45, 7) is 6.35. The van der Waals surface area contributed by atoms with E-state index in [9.17, 15) is 0 Å². The monoisotopic (exact) mass is 263 g/mol. The third kappa shape index (κ3) is 2.98. The maximum atomic E-state index is 5.48. The van der Waals surface area contributed by atoms with Gasteiger partial charge in [0, 0.05) is 37.1 Å². The molecule has 19 heavy (non-hydrogen) atoms. The minimum atomic E-state index is 0.393. The van der Waals surface area contributed by atoms with E-state index in [1.165, 1.54) is 5.69 Å². The van der Waals surface area contributed by atoms with E-state index in [4.69, 9.17) is 9.47 Å². The highest BCUT2D eigenvalue weighted by Crippen LogP contribution is 2.22. The van der Waals surface area contributed by atoms with Gasteiger partial charge in [-0.2, -0.15) is 0 Å². The molecular formula is C14H21N3O2. The van der Waals surface area contributed by atoms with E-state index in [-0.39, 0.29) is 0 Å². The molecule has 2 fully saturated rings. The number of hydrogen-bond donors (Lipinski definition) is 1. The third-order valence-corrected chi connectivity index (χ3v) is 3.72. The Hall–Kier alpha value is -1.33. The predicted molar refractivity (Wildman–Crippen MR) is 74.7 cm³/mol. The van der Waals surface area contributed by atoms with Gasteiger partial charge in [-0.1, -0.05) is 0 Å². The number of nitrogens with one attached hydrogen (secondary N) is 1. The van der Waals surface area contributed by atoms with Gasteiger partial charge in [-0.15, -0.1) is 0 Å². The fraction of sp³-hybridized carbons (Fsp3) is 0.643. The van der Waals surface area contributed by atoms with E-state index in [1.807, 2.05) is 6.20 Å². The number of rotatable bonds is 3. The van der Waals surface area contributed by atoms with Crippen molar-refractivity contribution in [1.82, 2.24) is 4.98 Å². The second-order valence-electron chi connectivity index (χ2n) is 5.22. The fourth-order valence-corrected chi connectivity index (χ4v) is 2.65. The Morgan fingerprint density at radius 3 is 3.00 bits per heavy atom. The summed E-state index contributed by atoms with van der Waals surface area (Å²) in [5, 5.41) is 3.44. The van der Waals surface area contributed by atoms with Crippen LogP contribution in [0.25, 0.3) is 0 Å². The molecule has 0 spiro atoms. The van der Waals surface area contributed by atoms with E-state index in [1.54, 1.807) is 0 Å². The Morgan fingerprint density at radius 1 is 1.32 bits per heavy atom. The molecule has 1 N–H and O–H groups in total. The highest BCUT2D eigenvalue weighted by atomic mass is 16.5. The van der Waals surface area contributed by atoms with Gasteiger partial charge in [-0.25, -0.2) is 4.98 Å². The van der Waals surface area contributed by atoms with E-state index >= 15 is 0 Å². The van der Waals surface area contributed by atoms with Crippen LogP contribution in [0.1, 0.15) is 13.3 Å². The van der Waals surface area contributed by atoms with E-state index in [2.05, 4.69) is 34.3 Å². The second kappa shape index (κ2) is 5.75. The van der Waals surface area contributed by atoms with Crippen molar-refractivity contribution in [2.75, 3.05) is 43.2 Å². The standard InChI is InChI=1S/C14H21N3O2/c1-11-9-19-7-5-17(11)13-2-4-15-14(8-13)16-12-3-6-18-10-12/h2,4,8,11-12H,3,5-7,9-10H2,1H3,(H,15,16)/t11-,12?/m0/s1. The lowest BCUT2D eigenvalue weighted by Gasteiger charge is -2.35. The van der Waals surface area contributed by atoms with Crippen LogP contribution in [0.2, 0.25) is 0 Å². The van der Waals surface area contributed by atoms with Gasteiger partial charge in [0.25, 0.3) is 0 Å². The number of nitrogens with zero attached hydrogens (tertiary/aromatic N) is 2. The van der Waals surface area contributed by atoms with E-state index in [0.717, 1.165) is 45.2 Å². The number of ether oxygens (including phenoxy) is 2. The van der Waals surface area contributed by atoms with Gasteiger partial charge in [-0.05, 0) is 19.4 Å². The lowest BCUT2D eigenvalue weighted by atomic mass is 10.2. The summed E-state index contributed by atoms with van der Waals surface area (Å²) in [5.41, 5.74) is 1.22. The van der Waals surface area contributed by atoms with E-state index in [0.29, 0.717) is 12.1 Å². The van der Waals surface area contributed by atoms with Gasteiger partial charge < -0.3 is 19.7 Å². The summed E-state index contributed by atoms with van der Waals surface area (Å²) >= 11 is 0. The van der Waals surface area contributed by atoms with Gasteiger partial charge in [0.15, 0.2) is 0 Å². The lowest BCUT2D eigenvalue weighted by Crippen LogP contribution is -2.43. The molecule has 5 nitrogen and oxygen atoms in total. The van der Waals surface area contributed by atoms with Crippen LogP contribution in [0.5, 0.6) is 0 Å². The Labute approximate surface area is 113 Å². The first kappa shape index (κ1) is 12.7. The molecule has 3 rings (SSSR count). The van der Waals surface area contributed by atoms with Crippen molar-refractivity contribution in [3.8, 4) is 0 Å². The first-order valence-electron chi connectivity index (χ1n) is 6.97. The Kier molecular flexibility index (Phi) is 3.84. The first-order chi connectivity index (χ1) is 9.33. The maximum Gasteiger partial charge on any atom is 0.128 e. The Bertz CT molecular complexity index is 421. The molecule has 0 saturated carbocycles. The highest BCUT2D eigenvalue weighted by Gasteiger charge is 2.20. The second-order valence-corrected chi connectivity index (χ2v) is 5.22. The van der Waals surface area contributed by atoms with Crippen LogP contribution < -0.4 is 10.2 Å². The molecule has 2 aliphatic rings. The zero-order chi connectivity index (χ0) is 13.1. The zero-order valence-electron chi connectivity index (χ0n) is 11.3. The highest BCUT2D eigenvalue weighted by molar-refractivity contribution is 5.55. The minimum absolute atomic E-state index is 0.393. The van der Waals surface area contributed by atoms with Crippen molar-refractivity contribution in [1.29, 1.82) is 0 Å². The van der Waals surface area contributed by atoms with Crippen molar-refractivity contribution in [2.45, 2.75) is 25.4 Å². The number of hydrogen-bond acceptors (Lipinski definition) is 5. The van der Waals surface area contributed by atoms with Gasteiger partial charge in [0.05, 0.1) is 25.9 Å². The zero-order valence-corrected chi connectivity index (χ0v) is 11.3. The van der Waals surface area contributed by atoms with Gasteiger partial charge in [0.1, 0.15) is 5.82 Å². The van der Waals surface area contributed by atoms with Crippen molar-refractivity contribution < 1.29 is 9.47 Å². The van der Waals surface area contributed by atoms with Crippen LogP contribution in [-0.2, 0) is 9.47 Å². The molecule has 1 aromatic rings. The summed E-state index contributed by atoms with van der Waals surface area (Å²) in [6, 6.07) is 5.00. The van der Waals surface area contributed by atoms with Crippen molar-refractivity contribution in [3.05, 3.63) is 18.3 Å². The average molecular weight is 263 g/mol. The quantitative estimate of drug-likeness (QED) is 0.895. The van der Waals surface area contributed by atoms with E-state index < -0.39 is 0 Å². The van der Waals surface area contributed by atoms with Gasteiger partial charge >= 0.3 is 0 Å². The number of aromatic nitrogens is 1. The molecule has 2 atom stereocenters. The number of morpholine rings is 1. The Balaban J connectivity index is 1.71. The topological polar surface area (TPSA) is 46.6 Å². The molecule has 1 unspecified atom stereocenters. The molecule has 3 heterocycles. The van der Waals surface area contributed by atoms with Crippen LogP contribution in [0.3, 0.4) is 0 Å². The van der Waals surface area contributed by atoms with Crippen molar-refractivity contribution >= 4 is 11.5 Å². The van der Waals surface area contributed by atoms with Gasteiger partial charge in [-0.3, -0.25) is 0 Å². The predicted octanol–water partition coefficient (Wildman–Crippen LogP) is 1.51. The largest absolute Gasteiger partial charge is 0.379 e. The molecule has 2 aliphatic heterocycles. The molecule has 0 radical (unpaired) electrons. The molecule has 0 amide bonds. The summed E-state index contributed by atoms with van der Waals surface area (Å²) < 4.78 is 10.9. The molecule has 0 aliphatic carbocycles. The van der Waals surface area contributed by atoms with Crippen molar-refractivity contribution in [3.63, 3.8) is 0 Å². The molecule has 104 valence electrons. The van der Waals surface area contributed by atoms with Crippen LogP contribution in [0, 0.1) is 0 Å². The molecule has 5 heteroatoms. The van der Waals surface area contributed by atoms with Crippen LogP contribution in [0.4, 0.5) is 11.5 Å². The lowest BCUT2D eigenvalue weighted by molar-refractivity contribution is 0.0989. The summed E-state index contributed by atoms with van der Waals surface area (Å²) in [6.07, 6.45) is 2.93.